The number of hydrogen-bond donors (Lipinski definition) is 1. The molecular formula is C10H14N4. The molecule has 4 nitrogen and oxygen atoms in total. The van der Waals surface area contributed by atoms with Gasteiger partial charge in [0.2, 0.25) is 0 Å². The molecule has 0 aliphatic rings. The largest absolute Gasteiger partial charge is 0.319 e. The lowest BCUT2D eigenvalue weighted by Crippen LogP contribution is -2.34. The molecule has 1 unspecified atom stereocenters. The summed E-state index contributed by atoms with van der Waals surface area (Å²) in [6.07, 6.45) is 2.77. The van der Waals surface area contributed by atoms with Gasteiger partial charge in [-0.3, -0.25) is 4.40 Å². The smallest absolute Gasteiger partial charge is 0.160 e. The van der Waals surface area contributed by atoms with E-state index >= 15 is 0 Å². The summed E-state index contributed by atoms with van der Waals surface area (Å²) in [5.41, 5.74) is 6.55. The maximum Gasteiger partial charge on any atom is 0.160 e. The number of hydrogen-bond acceptors (Lipinski definition) is 3. The molecule has 0 saturated carbocycles. The van der Waals surface area contributed by atoms with Gasteiger partial charge in [0.25, 0.3) is 0 Å². The molecule has 0 bridgehead atoms. The molecule has 0 amide bonds. The van der Waals surface area contributed by atoms with Gasteiger partial charge in [-0.05, 0) is 25.5 Å². The molecule has 0 saturated heterocycles. The first-order valence-electron chi connectivity index (χ1n) is 4.74. The fourth-order valence-corrected chi connectivity index (χ4v) is 1.39. The average molecular weight is 190 g/mol. The normalized spacial score (nSPS) is 15.6. The minimum Gasteiger partial charge on any atom is -0.319 e. The van der Waals surface area contributed by atoms with Crippen molar-refractivity contribution in [2.75, 3.05) is 0 Å². The van der Waals surface area contributed by atoms with Gasteiger partial charge in [0.05, 0.1) is 5.54 Å². The van der Waals surface area contributed by atoms with E-state index in [1.54, 1.807) is 0 Å². The molecule has 0 aliphatic carbocycles. The first-order valence-corrected chi connectivity index (χ1v) is 4.74. The Morgan fingerprint density at radius 3 is 2.93 bits per heavy atom. The Morgan fingerprint density at radius 2 is 2.21 bits per heavy atom. The highest BCUT2D eigenvalue weighted by atomic mass is 15.3. The summed E-state index contributed by atoms with van der Waals surface area (Å²) >= 11 is 0. The van der Waals surface area contributed by atoms with E-state index in [1.165, 1.54) is 0 Å². The topological polar surface area (TPSA) is 56.2 Å². The number of pyridine rings is 1. The summed E-state index contributed by atoms with van der Waals surface area (Å²) in [7, 11) is 0. The van der Waals surface area contributed by atoms with Crippen LogP contribution in [-0.2, 0) is 5.54 Å². The maximum absolute atomic E-state index is 6.12. The van der Waals surface area contributed by atoms with Crippen LogP contribution in [0.15, 0.2) is 24.4 Å². The van der Waals surface area contributed by atoms with Crippen LogP contribution in [0.25, 0.3) is 5.65 Å². The van der Waals surface area contributed by atoms with E-state index in [0.717, 1.165) is 17.9 Å². The lowest BCUT2D eigenvalue weighted by Gasteiger charge is -2.19. The van der Waals surface area contributed by atoms with Crippen LogP contribution < -0.4 is 5.73 Å². The standard InChI is InChI=1S/C10H14N4/c1-3-10(2,11)9-13-12-8-6-4-5-7-14(8)9/h4-7H,3,11H2,1-2H3. The molecule has 0 aromatic carbocycles. The van der Waals surface area contributed by atoms with Gasteiger partial charge in [-0.25, -0.2) is 0 Å². The molecule has 0 aliphatic heterocycles. The summed E-state index contributed by atoms with van der Waals surface area (Å²) in [6, 6.07) is 5.81. The van der Waals surface area contributed by atoms with Gasteiger partial charge in [-0.15, -0.1) is 10.2 Å². The molecule has 2 heterocycles. The van der Waals surface area contributed by atoms with Crippen molar-refractivity contribution in [2.45, 2.75) is 25.8 Å². The van der Waals surface area contributed by atoms with Crippen LogP contribution >= 0.6 is 0 Å². The number of aromatic nitrogens is 3. The summed E-state index contributed by atoms with van der Waals surface area (Å²) in [5, 5.41) is 8.19. The fraction of sp³-hybridized carbons (Fsp3) is 0.400. The van der Waals surface area contributed by atoms with Gasteiger partial charge >= 0.3 is 0 Å². The molecule has 1 atom stereocenters. The predicted molar refractivity (Wildman–Crippen MR) is 54.8 cm³/mol. The SMILES string of the molecule is CCC(C)(N)c1nnc2ccccn12. The number of nitrogens with zero attached hydrogens (tertiary/aromatic N) is 3. The van der Waals surface area contributed by atoms with Crippen LogP contribution in [0.3, 0.4) is 0 Å². The van der Waals surface area contributed by atoms with Crippen molar-refractivity contribution < 1.29 is 0 Å². The van der Waals surface area contributed by atoms with E-state index in [1.807, 2.05) is 42.6 Å². The molecule has 2 rings (SSSR count). The van der Waals surface area contributed by atoms with Crippen molar-refractivity contribution in [1.82, 2.24) is 14.6 Å². The molecular weight excluding hydrogens is 176 g/mol. The Balaban J connectivity index is 2.64. The summed E-state index contributed by atoms with van der Waals surface area (Å²) < 4.78 is 1.93. The summed E-state index contributed by atoms with van der Waals surface area (Å²) in [6.45, 7) is 4.01. The third-order valence-electron chi connectivity index (χ3n) is 2.56. The number of rotatable bonds is 2. The van der Waals surface area contributed by atoms with Crippen molar-refractivity contribution >= 4 is 5.65 Å². The van der Waals surface area contributed by atoms with Crippen LogP contribution in [0.1, 0.15) is 26.1 Å². The zero-order valence-electron chi connectivity index (χ0n) is 8.44. The molecule has 74 valence electrons. The molecule has 2 aromatic rings. The van der Waals surface area contributed by atoms with Crippen molar-refractivity contribution in [3.63, 3.8) is 0 Å². The van der Waals surface area contributed by atoms with Gasteiger partial charge in [-0.2, -0.15) is 0 Å². The molecule has 2 N–H and O–H groups in total. The van der Waals surface area contributed by atoms with E-state index in [9.17, 15) is 0 Å². The quantitative estimate of drug-likeness (QED) is 0.776. The Kier molecular flexibility index (Phi) is 2.00. The lowest BCUT2D eigenvalue weighted by atomic mass is 10.00. The average Bonchev–Trinajstić information content (AvgIpc) is 2.61. The second-order valence-electron chi connectivity index (χ2n) is 3.72. The highest BCUT2D eigenvalue weighted by Crippen LogP contribution is 2.19. The van der Waals surface area contributed by atoms with Crippen molar-refractivity contribution in [1.29, 1.82) is 0 Å². The van der Waals surface area contributed by atoms with Gasteiger partial charge < -0.3 is 5.73 Å². The highest BCUT2D eigenvalue weighted by Gasteiger charge is 2.24. The van der Waals surface area contributed by atoms with Crippen LogP contribution in [0, 0.1) is 0 Å². The zero-order valence-corrected chi connectivity index (χ0v) is 8.44. The third kappa shape index (κ3) is 1.28. The lowest BCUT2D eigenvalue weighted by molar-refractivity contribution is 0.441. The fourth-order valence-electron chi connectivity index (χ4n) is 1.39. The predicted octanol–water partition coefficient (Wildman–Crippen LogP) is 1.31. The third-order valence-corrected chi connectivity index (χ3v) is 2.56. The molecule has 4 heteroatoms. The molecule has 0 fully saturated rings. The van der Waals surface area contributed by atoms with Crippen LogP contribution in [0.2, 0.25) is 0 Å². The molecule has 0 spiro atoms. The monoisotopic (exact) mass is 190 g/mol. The maximum atomic E-state index is 6.12. The molecule has 0 radical (unpaired) electrons. The van der Waals surface area contributed by atoms with Gasteiger partial charge in [0, 0.05) is 6.20 Å². The van der Waals surface area contributed by atoms with Gasteiger partial charge in [0.15, 0.2) is 11.5 Å². The Hall–Kier alpha value is -1.42. The van der Waals surface area contributed by atoms with Crippen LogP contribution in [0.4, 0.5) is 0 Å². The van der Waals surface area contributed by atoms with Gasteiger partial charge in [-0.1, -0.05) is 13.0 Å². The Labute approximate surface area is 82.8 Å². The summed E-state index contributed by atoms with van der Waals surface area (Å²) in [5.74, 6) is 0.815. The first-order chi connectivity index (χ1) is 6.65. The van der Waals surface area contributed by atoms with Crippen molar-refractivity contribution in [2.24, 2.45) is 5.73 Å². The van der Waals surface area contributed by atoms with E-state index in [0.29, 0.717) is 0 Å². The second-order valence-corrected chi connectivity index (χ2v) is 3.72. The van der Waals surface area contributed by atoms with E-state index in [2.05, 4.69) is 10.2 Å². The second kappa shape index (κ2) is 3.06. The summed E-state index contributed by atoms with van der Waals surface area (Å²) in [4.78, 5) is 0. The van der Waals surface area contributed by atoms with Crippen LogP contribution in [-0.4, -0.2) is 14.6 Å². The minimum atomic E-state index is -0.416. The zero-order chi connectivity index (χ0) is 10.2. The molecule has 14 heavy (non-hydrogen) atoms. The van der Waals surface area contributed by atoms with E-state index < -0.39 is 5.54 Å². The Morgan fingerprint density at radius 1 is 1.43 bits per heavy atom. The molecule has 2 aromatic heterocycles. The number of fused-ring (bicyclic) bond motifs is 1. The van der Waals surface area contributed by atoms with Crippen molar-refractivity contribution in [3.8, 4) is 0 Å². The van der Waals surface area contributed by atoms with E-state index in [4.69, 9.17) is 5.73 Å². The van der Waals surface area contributed by atoms with Crippen LogP contribution in [0.5, 0.6) is 0 Å². The van der Waals surface area contributed by atoms with Crippen molar-refractivity contribution in [3.05, 3.63) is 30.2 Å². The highest BCUT2D eigenvalue weighted by molar-refractivity contribution is 5.38. The number of nitrogens with two attached hydrogens (primary N) is 1. The first kappa shape index (κ1) is 9.15. The minimum absolute atomic E-state index is 0.416. The van der Waals surface area contributed by atoms with Gasteiger partial charge in [0.1, 0.15) is 0 Å². The van der Waals surface area contributed by atoms with E-state index in [-0.39, 0.29) is 0 Å². The Bertz CT molecular complexity index is 444.